The SMILES string of the molecule is C[C@@H](Nc1ncnc2c(F)c(=O)n(C3(C(F)F)CC3)cc12)c1cccc(C(F)F)c1F. The molecule has 1 fully saturated rings. The average Bonchev–Trinajstić information content (AvgIpc) is 3.53. The summed E-state index contributed by atoms with van der Waals surface area (Å²) in [5, 5.41) is 2.71. The van der Waals surface area contributed by atoms with Gasteiger partial charge in [-0.3, -0.25) is 4.79 Å². The van der Waals surface area contributed by atoms with E-state index in [-0.39, 0.29) is 29.6 Å². The van der Waals surface area contributed by atoms with E-state index in [2.05, 4.69) is 15.3 Å². The van der Waals surface area contributed by atoms with Crippen LogP contribution in [-0.2, 0) is 5.54 Å². The fourth-order valence-corrected chi connectivity index (χ4v) is 3.58. The topological polar surface area (TPSA) is 59.8 Å². The predicted octanol–water partition coefficient (Wildman–Crippen LogP) is 4.93. The molecule has 0 bridgehead atoms. The van der Waals surface area contributed by atoms with Gasteiger partial charge in [0.2, 0.25) is 5.82 Å². The van der Waals surface area contributed by atoms with E-state index in [0.717, 1.165) is 18.6 Å². The number of nitrogens with one attached hydrogen (secondary N) is 1. The van der Waals surface area contributed by atoms with Crippen molar-refractivity contribution in [2.24, 2.45) is 0 Å². The summed E-state index contributed by atoms with van der Waals surface area (Å²) in [5.41, 5.74) is -4.27. The van der Waals surface area contributed by atoms with Crippen LogP contribution < -0.4 is 10.9 Å². The summed E-state index contributed by atoms with van der Waals surface area (Å²) in [6.45, 7) is 1.47. The first-order valence-electron chi connectivity index (χ1n) is 9.35. The third kappa shape index (κ3) is 3.41. The lowest BCUT2D eigenvalue weighted by Crippen LogP contribution is -2.37. The zero-order valence-corrected chi connectivity index (χ0v) is 16.1. The first kappa shape index (κ1) is 21.1. The molecule has 2 heterocycles. The Balaban J connectivity index is 1.80. The molecule has 0 saturated heterocycles. The highest BCUT2D eigenvalue weighted by Gasteiger charge is 2.54. The molecule has 1 aromatic carbocycles. The van der Waals surface area contributed by atoms with Crippen molar-refractivity contribution in [2.75, 3.05) is 5.32 Å². The second-order valence-corrected chi connectivity index (χ2v) is 7.42. The van der Waals surface area contributed by atoms with E-state index in [1.54, 1.807) is 0 Å². The quantitative estimate of drug-likeness (QED) is 0.550. The van der Waals surface area contributed by atoms with Crippen LogP contribution in [0.5, 0.6) is 0 Å². The first-order chi connectivity index (χ1) is 14.7. The zero-order chi connectivity index (χ0) is 22.5. The molecule has 2 aromatic heterocycles. The van der Waals surface area contributed by atoms with E-state index in [1.807, 2.05) is 0 Å². The second kappa shape index (κ2) is 7.54. The highest BCUT2D eigenvalue weighted by Crippen LogP contribution is 2.48. The molecule has 3 aromatic rings. The van der Waals surface area contributed by atoms with Crippen LogP contribution in [0.1, 0.15) is 43.4 Å². The smallest absolute Gasteiger partial charge is 0.289 e. The van der Waals surface area contributed by atoms with Gasteiger partial charge in [-0.05, 0) is 19.8 Å². The molecule has 0 radical (unpaired) electrons. The Morgan fingerprint density at radius 2 is 1.74 bits per heavy atom. The number of anilines is 1. The summed E-state index contributed by atoms with van der Waals surface area (Å²) in [4.78, 5) is 20.0. The first-order valence-corrected chi connectivity index (χ1v) is 9.35. The Morgan fingerprint density at radius 3 is 2.35 bits per heavy atom. The number of hydrogen-bond acceptors (Lipinski definition) is 4. The Kier molecular flexibility index (Phi) is 5.14. The van der Waals surface area contributed by atoms with Gasteiger partial charge in [0, 0.05) is 11.8 Å². The molecule has 1 atom stereocenters. The van der Waals surface area contributed by atoms with Gasteiger partial charge in [-0.2, -0.15) is 4.39 Å². The van der Waals surface area contributed by atoms with Crippen LogP contribution in [-0.4, -0.2) is 21.0 Å². The van der Waals surface area contributed by atoms with Crippen molar-refractivity contribution >= 4 is 16.7 Å². The molecule has 11 heteroatoms. The van der Waals surface area contributed by atoms with Crippen molar-refractivity contribution in [1.82, 2.24) is 14.5 Å². The van der Waals surface area contributed by atoms with Crippen LogP contribution in [0.3, 0.4) is 0 Å². The largest absolute Gasteiger partial charge is 0.363 e. The maximum atomic E-state index is 14.7. The Hall–Kier alpha value is -3.11. The summed E-state index contributed by atoms with van der Waals surface area (Å²) in [6.07, 6.45) is -3.87. The fraction of sp³-hybridized carbons (Fsp3) is 0.350. The summed E-state index contributed by atoms with van der Waals surface area (Å²) >= 11 is 0. The third-order valence-corrected chi connectivity index (χ3v) is 5.52. The molecule has 164 valence electrons. The number of rotatable bonds is 6. The van der Waals surface area contributed by atoms with Crippen LogP contribution in [0.25, 0.3) is 10.9 Å². The van der Waals surface area contributed by atoms with Gasteiger partial charge in [0.05, 0.1) is 17.0 Å². The van der Waals surface area contributed by atoms with Gasteiger partial charge in [0.25, 0.3) is 18.4 Å². The number of fused-ring (bicyclic) bond motifs is 1. The average molecular weight is 442 g/mol. The van der Waals surface area contributed by atoms with Crippen LogP contribution in [0.2, 0.25) is 0 Å². The Morgan fingerprint density at radius 1 is 1.06 bits per heavy atom. The molecule has 1 aliphatic rings. The number of pyridine rings is 1. The van der Waals surface area contributed by atoms with Gasteiger partial charge in [0.1, 0.15) is 29.0 Å². The van der Waals surface area contributed by atoms with Crippen LogP contribution in [0.15, 0.2) is 35.5 Å². The van der Waals surface area contributed by atoms with Crippen molar-refractivity contribution in [1.29, 1.82) is 0 Å². The maximum absolute atomic E-state index is 14.7. The molecule has 1 saturated carbocycles. The molecule has 1 N–H and O–H groups in total. The summed E-state index contributed by atoms with van der Waals surface area (Å²) < 4.78 is 82.9. The number of aromatic nitrogens is 3. The van der Waals surface area contributed by atoms with Gasteiger partial charge in [-0.15, -0.1) is 0 Å². The normalized spacial score (nSPS) is 16.2. The van der Waals surface area contributed by atoms with Crippen molar-refractivity contribution < 1.29 is 26.3 Å². The molecule has 0 amide bonds. The van der Waals surface area contributed by atoms with E-state index < -0.39 is 52.7 Å². The lowest BCUT2D eigenvalue weighted by molar-refractivity contribution is 0.0648. The van der Waals surface area contributed by atoms with E-state index in [4.69, 9.17) is 0 Å². The van der Waals surface area contributed by atoms with Gasteiger partial charge >= 0.3 is 0 Å². The molecule has 31 heavy (non-hydrogen) atoms. The lowest BCUT2D eigenvalue weighted by atomic mass is 10.0. The molecule has 0 spiro atoms. The minimum atomic E-state index is -3.01. The maximum Gasteiger partial charge on any atom is 0.289 e. The van der Waals surface area contributed by atoms with Gasteiger partial charge in [0.15, 0.2) is 0 Å². The number of halogens is 6. The molecular formula is C20H16F6N4O. The Bertz CT molecular complexity index is 1210. The summed E-state index contributed by atoms with van der Waals surface area (Å²) in [5.74, 6) is -2.47. The molecule has 1 aliphatic carbocycles. The predicted molar refractivity (Wildman–Crippen MR) is 100 cm³/mol. The number of alkyl halides is 4. The monoisotopic (exact) mass is 442 g/mol. The van der Waals surface area contributed by atoms with Crippen molar-refractivity contribution in [3.8, 4) is 0 Å². The minimum Gasteiger partial charge on any atom is -0.363 e. The highest BCUT2D eigenvalue weighted by molar-refractivity contribution is 5.88. The van der Waals surface area contributed by atoms with E-state index >= 15 is 0 Å². The van der Waals surface area contributed by atoms with Crippen molar-refractivity contribution in [3.63, 3.8) is 0 Å². The molecule has 5 nitrogen and oxygen atoms in total. The lowest BCUT2D eigenvalue weighted by Gasteiger charge is -2.21. The van der Waals surface area contributed by atoms with Crippen molar-refractivity contribution in [3.05, 3.63) is 63.8 Å². The molecular weight excluding hydrogens is 426 g/mol. The van der Waals surface area contributed by atoms with Gasteiger partial charge in [-0.25, -0.2) is 31.9 Å². The highest BCUT2D eigenvalue weighted by atomic mass is 19.3. The van der Waals surface area contributed by atoms with Crippen LogP contribution in [0, 0.1) is 11.6 Å². The van der Waals surface area contributed by atoms with Gasteiger partial charge in [-0.1, -0.05) is 18.2 Å². The Labute approximate surface area is 171 Å². The van der Waals surface area contributed by atoms with Gasteiger partial charge < -0.3 is 9.88 Å². The number of nitrogens with zero attached hydrogens (tertiary/aromatic N) is 3. The molecule has 4 rings (SSSR count). The molecule has 0 aliphatic heterocycles. The fourth-order valence-electron chi connectivity index (χ4n) is 3.58. The van der Waals surface area contributed by atoms with E-state index in [9.17, 15) is 31.1 Å². The second-order valence-electron chi connectivity index (χ2n) is 7.42. The van der Waals surface area contributed by atoms with E-state index in [1.165, 1.54) is 19.1 Å². The van der Waals surface area contributed by atoms with Crippen LogP contribution >= 0.6 is 0 Å². The van der Waals surface area contributed by atoms with Crippen LogP contribution in [0.4, 0.5) is 32.2 Å². The summed E-state index contributed by atoms with van der Waals surface area (Å²) in [7, 11) is 0. The van der Waals surface area contributed by atoms with E-state index in [0.29, 0.717) is 4.57 Å². The number of hydrogen-bond donors (Lipinski definition) is 1. The zero-order valence-electron chi connectivity index (χ0n) is 16.1. The standard InChI is InChI=1S/C20H16F6N4O/c1-9(10-3-2-4-11(13(10)21)16(23)24)29-17-12-7-30(20(5-6-20)19(25)26)18(31)14(22)15(12)27-8-28-17/h2-4,7-9,16,19H,5-6H2,1H3,(H,27,28,29)/t9-/m1/s1. The third-order valence-electron chi connectivity index (χ3n) is 5.52. The molecule has 0 unspecified atom stereocenters. The number of benzene rings is 1. The minimum absolute atomic E-state index is 0.00794. The summed E-state index contributed by atoms with van der Waals surface area (Å²) in [6, 6.07) is 2.64. The van der Waals surface area contributed by atoms with Crippen molar-refractivity contribution in [2.45, 2.75) is 44.2 Å².